The van der Waals surface area contributed by atoms with Crippen molar-refractivity contribution in [3.8, 4) is 5.75 Å². The third kappa shape index (κ3) is 6.09. The summed E-state index contributed by atoms with van der Waals surface area (Å²) in [6, 6.07) is 18.0. The molecule has 38 heavy (non-hydrogen) atoms. The smallest absolute Gasteiger partial charge is 0.307 e. The van der Waals surface area contributed by atoms with E-state index in [4.69, 9.17) is 10.5 Å². The van der Waals surface area contributed by atoms with Crippen molar-refractivity contribution in [1.29, 1.82) is 0 Å². The van der Waals surface area contributed by atoms with Crippen LogP contribution in [0, 0.1) is 0 Å². The van der Waals surface area contributed by atoms with Gasteiger partial charge in [0.2, 0.25) is 11.8 Å². The van der Waals surface area contributed by atoms with Crippen LogP contribution in [0.1, 0.15) is 33.9 Å². The van der Waals surface area contributed by atoms with Crippen LogP contribution in [0.2, 0.25) is 0 Å². The minimum atomic E-state index is -1.04. The highest BCUT2D eigenvalue weighted by Crippen LogP contribution is 2.27. The third-order valence-electron chi connectivity index (χ3n) is 6.29. The summed E-state index contributed by atoms with van der Waals surface area (Å²) in [6.45, 7) is -0.451. The number of rotatable bonds is 8. The fourth-order valence-electron chi connectivity index (χ4n) is 4.32. The van der Waals surface area contributed by atoms with Crippen LogP contribution in [0.5, 0.6) is 5.75 Å². The molecule has 0 saturated heterocycles. The first-order valence-electron chi connectivity index (χ1n) is 12.0. The van der Waals surface area contributed by atoms with E-state index in [0.29, 0.717) is 22.5 Å². The number of phenolic OH excluding ortho intramolecular Hbond substituents is 1. The zero-order valence-electron chi connectivity index (χ0n) is 20.7. The first kappa shape index (κ1) is 26.2. The van der Waals surface area contributed by atoms with E-state index in [-0.39, 0.29) is 24.2 Å². The average Bonchev–Trinajstić information content (AvgIpc) is 3.00. The number of phenols is 1. The number of fused-ring (bicyclic) bond motifs is 1. The van der Waals surface area contributed by atoms with Crippen molar-refractivity contribution in [1.82, 2.24) is 10.2 Å². The monoisotopic (exact) mass is 516 g/mol. The van der Waals surface area contributed by atoms with Gasteiger partial charge in [0.15, 0.2) is 0 Å². The van der Waals surface area contributed by atoms with Crippen LogP contribution >= 0.6 is 0 Å². The lowest BCUT2D eigenvalue weighted by atomic mass is 10.0. The van der Waals surface area contributed by atoms with Gasteiger partial charge in [0, 0.05) is 12.1 Å². The zero-order chi connectivity index (χ0) is 27.2. The Morgan fingerprint density at radius 2 is 1.79 bits per heavy atom. The molecule has 1 aliphatic heterocycles. The van der Waals surface area contributed by atoms with Gasteiger partial charge in [-0.2, -0.15) is 0 Å². The molecule has 0 unspecified atom stereocenters. The molecule has 0 fully saturated rings. The summed E-state index contributed by atoms with van der Waals surface area (Å²) in [7, 11) is 1.26. The maximum absolute atomic E-state index is 13.7. The Bertz CT molecular complexity index is 1340. The standard InChI is InChI=1S/C28H28N4O6/c1-38-26(35)15-23(18-5-3-2-4-6-18)30-25(34)16-32-24(13-17-7-10-20(33)11-8-17)27(36)31-22-12-9-19(29)14-21(22)28(32)37/h2-12,14,23-24,33H,13,15-16,29H2,1H3,(H,30,34)(H,31,36)/t23-,24-/m0/s1. The fourth-order valence-corrected chi connectivity index (χ4v) is 4.32. The first-order valence-corrected chi connectivity index (χ1v) is 12.0. The molecule has 5 N–H and O–H groups in total. The first-order chi connectivity index (χ1) is 18.2. The molecule has 10 nitrogen and oxygen atoms in total. The van der Waals surface area contributed by atoms with E-state index in [1.165, 1.54) is 30.2 Å². The highest BCUT2D eigenvalue weighted by Gasteiger charge is 2.37. The molecule has 196 valence electrons. The van der Waals surface area contributed by atoms with Gasteiger partial charge in [-0.25, -0.2) is 0 Å². The zero-order valence-corrected chi connectivity index (χ0v) is 20.7. The molecule has 0 spiro atoms. The molecule has 10 heteroatoms. The summed E-state index contributed by atoms with van der Waals surface area (Å²) in [6.07, 6.45) is -0.0180. The number of nitrogens with one attached hydrogen (secondary N) is 2. The number of hydrogen-bond donors (Lipinski definition) is 4. The van der Waals surface area contributed by atoms with Crippen molar-refractivity contribution in [2.24, 2.45) is 0 Å². The van der Waals surface area contributed by atoms with E-state index in [1.54, 1.807) is 48.5 Å². The molecule has 1 heterocycles. The van der Waals surface area contributed by atoms with Gasteiger partial charge >= 0.3 is 5.97 Å². The number of ether oxygens (including phenoxy) is 1. The number of benzene rings is 3. The molecule has 0 saturated carbocycles. The van der Waals surface area contributed by atoms with E-state index >= 15 is 0 Å². The molecular weight excluding hydrogens is 488 g/mol. The van der Waals surface area contributed by atoms with Crippen molar-refractivity contribution < 1.29 is 29.0 Å². The molecule has 3 aromatic rings. The SMILES string of the molecule is COC(=O)C[C@H](NC(=O)CN1C(=O)c2cc(N)ccc2NC(=O)[C@@H]1Cc1ccc(O)cc1)c1ccccc1. The minimum Gasteiger partial charge on any atom is -0.508 e. The Balaban J connectivity index is 1.64. The highest BCUT2D eigenvalue weighted by molar-refractivity contribution is 6.11. The van der Waals surface area contributed by atoms with Crippen LogP contribution in [0.25, 0.3) is 0 Å². The van der Waals surface area contributed by atoms with Gasteiger partial charge < -0.3 is 31.1 Å². The molecule has 0 radical (unpaired) electrons. The number of carbonyl (C=O) groups is 4. The second-order valence-corrected chi connectivity index (χ2v) is 8.92. The summed E-state index contributed by atoms with van der Waals surface area (Å²) >= 11 is 0. The number of nitrogens with zero attached hydrogens (tertiary/aromatic N) is 1. The van der Waals surface area contributed by atoms with E-state index in [0.717, 1.165) is 0 Å². The maximum atomic E-state index is 13.7. The second-order valence-electron chi connectivity index (χ2n) is 8.92. The number of aromatic hydroxyl groups is 1. The lowest BCUT2D eigenvalue weighted by Gasteiger charge is -2.29. The lowest BCUT2D eigenvalue weighted by Crippen LogP contribution is -2.51. The minimum absolute atomic E-state index is 0.0619. The topological polar surface area (TPSA) is 151 Å². The van der Waals surface area contributed by atoms with Crippen molar-refractivity contribution in [2.75, 3.05) is 24.7 Å². The molecule has 4 rings (SSSR count). The van der Waals surface area contributed by atoms with Gasteiger partial charge in [-0.05, 0) is 41.5 Å². The Kier molecular flexibility index (Phi) is 7.91. The van der Waals surface area contributed by atoms with Crippen LogP contribution in [-0.4, -0.2) is 53.4 Å². The summed E-state index contributed by atoms with van der Waals surface area (Å²) in [5, 5.41) is 15.2. The quantitative estimate of drug-likeness (QED) is 0.265. The third-order valence-corrected chi connectivity index (χ3v) is 6.29. The molecule has 0 aliphatic carbocycles. The Morgan fingerprint density at radius 3 is 2.47 bits per heavy atom. The van der Waals surface area contributed by atoms with E-state index in [1.807, 2.05) is 6.07 Å². The number of anilines is 2. The largest absolute Gasteiger partial charge is 0.508 e. The van der Waals surface area contributed by atoms with Crippen molar-refractivity contribution >= 4 is 35.1 Å². The van der Waals surface area contributed by atoms with Crippen molar-refractivity contribution in [2.45, 2.75) is 24.9 Å². The molecule has 1 aliphatic rings. The van der Waals surface area contributed by atoms with Gasteiger partial charge in [0.25, 0.3) is 5.91 Å². The number of methoxy groups -OCH3 is 1. The molecule has 3 aromatic carbocycles. The lowest BCUT2D eigenvalue weighted by molar-refractivity contribution is -0.141. The summed E-state index contributed by atoms with van der Waals surface area (Å²) in [5.41, 5.74) is 8.06. The maximum Gasteiger partial charge on any atom is 0.307 e. The Morgan fingerprint density at radius 1 is 1.08 bits per heavy atom. The Hall–Kier alpha value is -4.86. The molecule has 2 atom stereocenters. The number of carbonyl (C=O) groups excluding carboxylic acids is 4. The van der Waals surface area contributed by atoms with E-state index < -0.39 is 42.3 Å². The normalized spacial score (nSPS) is 15.6. The van der Waals surface area contributed by atoms with Crippen LogP contribution in [-0.2, 0) is 25.5 Å². The number of hydrogen-bond acceptors (Lipinski definition) is 7. The summed E-state index contributed by atoms with van der Waals surface area (Å²) in [5.74, 6) is -2.04. The van der Waals surface area contributed by atoms with Crippen LogP contribution in [0.15, 0.2) is 72.8 Å². The molecular formula is C28H28N4O6. The molecule has 0 aromatic heterocycles. The summed E-state index contributed by atoms with van der Waals surface area (Å²) in [4.78, 5) is 53.5. The van der Waals surface area contributed by atoms with Gasteiger partial charge in [0.05, 0.1) is 30.8 Å². The van der Waals surface area contributed by atoms with Gasteiger partial charge in [-0.15, -0.1) is 0 Å². The van der Waals surface area contributed by atoms with Crippen molar-refractivity contribution in [3.63, 3.8) is 0 Å². The van der Waals surface area contributed by atoms with Crippen molar-refractivity contribution in [3.05, 3.63) is 89.5 Å². The highest BCUT2D eigenvalue weighted by atomic mass is 16.5. The number of esters is 1. The second kappa shape index (κ2) is 11.5. The van der Waals surface area contributed by atoms with Gasteiger partial charge in [0.1, 0.15) is 18.3 Å². The number of amides is 3. The predicted octanol–water partition coefficient (Wildman–Crippen LogP) is 2.40. The van der Waals surface area contributed by atoms with E-state index in [9.17, 15) is 24.3 Å². The molecule has 0 bridgehead atoms. The van der Waals surface area contributed by atoms with Crippen LogP contribution in [0.4, 0.5) is 11.4 Å². The van der Waals surface area contributed by atoms with Gasteiger partial charge in [-0.1, -0.05) is 42.5 Å². The van der Waals surface area contributed by atoms with Gasteiger partial charge in [-0.3, -0.25) is 19.2 Å². The Labute approximate surface area is 219 Å². The van der Waals surface area contributed by atoms with E-state index in [2.05, 4.69) is 10.6 Å². The summed E-state index contributed by atoms with van der Waals surface area (Å²) < 4.78 is 4.79. The van der Waals surface area contributed by atoms with Crippen LogP contribution < -0.4 is 16.4 Å². The average molecular weight is 517 g/mol. The van der Waals surface area contributed by atoms with Crippen LogP contribution in [0.3, 0.4) is 0 Å². The molecule has 3 amide bonds. The number of nitrogen functional groups attached to an aromatic ring is 1. The number of nitrogens with two attached hydrogens (primary N) is 1. The predicted molar refractivity (Wildman–Crippen MR) is 140 cm³/mol. The fraction of sp³-hybridized carbons (Fsp3) is 0.214.